The van der Waals surface area contributed by atoms with E-state index in [0.29, 0.717) is 19.8 Å². The molecule has 0 saturated carbocycles. The Morgan fingerprint density at radius 1 is 1.26 bits per heavy atom. The molecular weight excluding hydrogens is 292 g/mol. The van der Waals surface area contributed by atoms with Crippen molar-refractivity contribution in [3.05, 3.63) is 35.9 Å². The lowest BCUT2D eigenvalue weighted by atomic mass is 9.96. The Balaban J connectivity index is 2.32. The molecule has 5 heteroatoms. The third kappa shape index (κ3) is 5.03. The largest absolute Gasteiger partial charge is 0.465 e. The number of esters is 1. The van der Waals surface area contributed by atoms with E-state index in [1.165, 1.54) is 0 Å². The van der Waals surface area contributed by atoms with E-state index in [1.807, 2.05) is 39.0 Å². The Labute approximate surface area is 139 Å². The first-order valence-electron chi connectivity index (χ1n) is 8.43. The molecule has 0 aliphatic carbocycles. The van der Waals surface area contributed by atoms with Crippen molar-refractivity contribution in [1.29, 1.82) is 0 Å². The van der Waals surface area contributed by atoms with Crippen molar-refractivity contribution >= 4 is 5.97 Å². The molecule has 0 amide bonds. The van der Waals surface area contributed by atoms with Gasteiger partial charge in [0.15, 0.2) is 0 Å². The molecule has 1 aliphatic heterocycles. The fourth-order valence-electron chi connectivity index (χ4n) is 3.00. The van der Waals surface area contributed by atoms with Gasteiger partial charge in [-0.1, -0.05) is 44.2 Å². The highest BCUT2D eigenvalue weighted by Crippen LogP contribution is 2.26. The van der Waals surface area contributed by atoms with Gasteiger partial charge in [0, 0.05) is 19.1 Å². The number of hydrogen-bond donors (Lipinski definition) is 1. The predicted octanol–water partition coefficient (Wildman–Crippen LogP) is 1.99. The highest BCUT2D eigenvalue weighted by Gasteiger charge is 2.36. The van der Waals surface area contributed by atoms with Crippen molar-refractivity contribution in [2.24, 2.45) is 0 Å². The second-order valence-corrected chi connectivity index (χ2v) is 6.05. The molecule has 5 nitrogen and oxygen atoms in total. The van der Waals surface area contributed by atoms with Crippen LogP contribution in [0.25, 0.3) is 0 Å². The maximum Gasteiger partial charge on any atom is 0.325 e. The molecule has 0 radical (unpaired) electrons. The first kappa shape index (κ1) is 17.9. The number of rotatable bonds is 7. The maximum absolute atomic E-state index is 12.6. The zero-order chi connectivity index (χ0) is 16.7. The summed E-state index contributed by atoms with van der Waals surface area (Å²) in [6.45, 7) is 9.35. The standard InChI is InChI=1S/C18H28N2O3/c1-4-23-18(21)16(19-14(2)3)17(15-8-6-5-7-9-15)20-10-12-22-13-11-20/h5-9,14,16-17,19H,4,10-13H2,1-3H3/t16-,17-/m1/s1. The van der Waals surface area contributed by atoms with Crippen LogP contribution in [-0.2, 0) is 14.3 Å². The Kier molecular flexibility index (Phi) is 7.02. The van der Waals surface area contributed by atoms with Gasteiger partial charge in [-0.15, -0.1) is 0 Å². The van der Waals surface area contributed by atoms with Gasteiger partial charge in [0.2, 0.25) is 0 Å². The van der Waals surface area contributed by atoms with Gasteiger partial charge in [0.1, 0.15) is 6.04 Å². The third-order valence-corrected chi connectivity index (χ3v) is 3.95. The van der Waals surface area contributed by atoms with Gasteiger partial charge in [0.05, 0.1) is 25.9 Å². The third-order valence-electron chi connectivity index (χ3n) is 3.95. The van der Waals surface area contributed by atoms with Crippen LogP contribution >= 0.6 is 0 Å². The molecule has 0 bridgehead atoms. The van der Waals surface area contributed by atoms with E-state index >= 15 is 0 Å². The molecule has 1 aliphatic rings. The first-order chi connectivity index (χ1) is 11.1. The van der Waals surface area contributed by atoms with Crippen molar-refractivity contribution in [2.45, 2.75) is 38.9 Å². The molecule has 1 N–H and O–H groups in total. The Morgan fingerprint density at radius 3 is 2.48 bits per heavy atom. The molecule has 23 heavy (non-hydrogen) atoms. The Hall–Kier alpha value is -1.43. The van der Waals surface area contributed by atoms with Crippen LogP contribution in [0.2, 0.25) is 0 Å². The van der Waals surface area contributed by atoms with Gasteiger partial charge in [-0.05, 0) is 12.5 Å². The minimum Gasteiger partial charge on any atom is -0.465 e. The molecule has 2 rings (SSSR count). The number of ether oxygens (including phenoxy) is 2. The van der Waals surface area contributed by atoms with E-state index in [9.17, 15) is 4.79 Å². The van der Waals surface area contributed by atoms with Crippen LogP contribution in [0.1, 0.15) is 32.4 Å². The number of carbonyl (C=O) groups is 1. The van der Waals surface area contributed by atoms with Gasteiger partial charge in [-0.3, -0.25) is 9.69 Å². The molecule has 128 valence electrons. The minimum atomic E-state index is -0.393. The van der Waals surface area contributed by atoms with Crippen molar-refractivity contribution in [3.63, 3.8) is 0 Å². The van der Waals surface area contributed by atoms with Crippen LogP contribution in [0, 0.1) is 0 Å². The molecular formula is C18H28N2O3. The van der Waals surface area contributed by atoms with E-state index in [2.05, 4.69) is 22.3 Å². The van der Waals surface area contributed by atoms with Gasteiger partial charge in [-0.2, -0.15) is 0 Å². The van der Waals surface area contributed by atoms with Crippen LogP contribution in [0.5, 0.6) is 0 Å². The number of benzene rings is 1. The number of morpholine rings is 1. The molecule has 2 atom stereocenters. The average molecular weight is 320 g/mol. The van der Waals surface area contributed by atoms with Crippen LogP contribution in [0.4, 0.5) is 0 Å². The van der Waals surface area contributed by atoms with Gasteiger partial charge in [-0.25, -0.2) is 0 Å². The molecule has 1 aromatic carbocycles. The van der Waals surface area contributed by atoms with Gasteiger partial charge < -0.3 is 14.8 Å². The summed E-state index contributed by atoms with van der Waals surface area (Å²) in [5.41, 5.74) is 1.13. The zero-order valence-corrected chi connectivity index (χ0v) is 14.3. The lowest BCUT2D eigenvalue weighted by molar-refractivity contribution is -0.148. The van der Waals surface area contributed by atoms with E-state index in [0.717, 1.165) is 18.7 Å². The number of carbonyl (C=O) groups excluding carboxylic acids is 1. The van der Waals surface area contributed by atoms with E-state index in [1.54, 1.807) is 0 Å². The molecule has 1 aromatic rings. The van der Waals surface area contributed by atoms with E-state index in [-0.39, 0.29) is 18.1 Å². The monoisotopic (exact) mass is 320 g/mol. The summed E-state index contributed by atoms with van der Waals surface area (Å²) >= 11 is 0. The Morgan fingerprint density at radius 2 is 1.91 bits per heavy atom. The quantitative estimate of drug-likeness (QED) is 0.779. The van der Waals surface area contributed by atoms with Crippen LogP contribution < -0.4 is 5.32 Å². The molecule has 0 aromatic heterocycles. The Bertz CT molecular complexity index is 472. The van der Waals surface area contributed by atoms with Gasteiger partial charge >= 0.3 is 5.97 Å². The fraction of sp³-hybridized carbons (Fsp3) is 0.611. The summed E-state index contributed by atoms with van der Waals surface area (Å²) in [6, 6.07) is 9.92. The van der Waals surface area contributed by atoms with Gasteiger partial charge in [0.25, 0.3) is 0 Å². The minimum absolute atomic E-state index is 0.0541. The highest BCUT2D eigenvalue weighted by atomic mass is 16.5. The molecule has 0 spiro atoms. The second-order valence-electron chi connectivity index (χ2n) is 6.05. The zero-order valence-electron chi connectivity index (χ0n) is 14.3. The van der Waals surface area contributed by atoms with Crippen LogP contribution in [0.3, 0.4) is 0 Å². The molecule has 1 heterocycles. The second kappa shape index (κ2) is 9.01. The molecule has 0 unspecified atom stereocenters. The summed E-state index contributed by atoms with van der Waals surface area (Å²) in [7, 11) is 0. The van der Waals surface area contributed by atoms with Crippen molar-refractivity contribution in [2.75, 3.05) is 32.9 Å². The number of nitrogens with zero attached hydrogens (tertiary/aromatic N) is 1. The summed E-state index contributed by atoms with van der Waals surface area (Å²) < 4.78 is 10.8. The summed E-state index contributed by atoms with van der Waals surface area (Å²) in [4.78, 5) is 14.9. The smallest absolute Gasteiger partial charge is 0.325 e. The van der Waals surface area contributed by atoms with Crippen LogP contribution in [-0.4, -0.2) is 55.9 Å². The predicted molar refractivity (Wildman–Crippen MR) is 90.3 cm³/mol. The topological polar surface area (TPSA) is 50.8 Å². The lowest BCUT2D eigenvalue weighted by Crippen LogP contribution is -2.53. The van der Waals surface area contributed by atoms with E-state index in [4.69, 9.17) is 9.47 Å². The van der Waals surface area contributed by atoms with Crippen molar-refractivity contribution < 1.29 is 14.3 Å². The summed E-state index contributed by atoms with van der Waals surface area (Å²) in [6.07, 6.45) is 0. The highest BCUT2D eigenvalue weighted by molar-refractivity contribution is 5.77. The molecule has 1 saturated heterocycles. The first-order valence-corrected chi connectivity index (χ1v) is 8.43. The summed E-state index contributed by atoms with van der Waals surface area (Å²) in [5, 5.41) is 3.40. The van der Waals surface area contributed by atoms with Crippen molar-refractivity contribution in [3.8, 4) is 0 Å². The fourth-order valence-corrected chi connectivity index (χ4v) is 3.00. The van der Waals surface area contributed by atoms with E-state index < -0.39 is 6.04 Å². The number of hydrogen-bond acceptors (Lipinski definition) is 5. The molecule has 1 fully saturated rings. The number of nitrogens with one attached hydrogen (secondary N) is 1. The maximum atomic E-state index is 12.6. The average Bonchev–Trinajstić information content (AvgIpc) is 2.56. The summed E-state index contributed by atoms with van der Waals surface area (Å²) in [5.74, 6) is -0.193. The van der Waals surface area contributed by atoms with Crippen LogP contribution in [0.15, 0.2) is 30.3 Å². The lowest BCUT2D eigenvalue weighted by Gasteiger charge is -2.39. The SMILES string of the molecule is CCOC(=O)[C@H](NC(C)C)[C@@H](c1ccccc1)N1CCOCC1. The normalized spacial score (nSPS) is 18.6. The van der Waals surface area contributed by atoms with Crippen molar-refractivity contribution in [1.82, 2.24) is 10.2 Å².